The van der Waals surface area contributed by atoms with Gasteiger partial charge in [0.05, 0.1) is 19.1 Å². The van der Waals surface area contributed by atoms with Crippen molar-refractivity contribution in [2.45, 2.75) is 37.9 Å². The minimum Gasteiger partial charge on any atom is -0.496 e. The van der Waals surface area contributed by atoms with Crippen molar-refractivity contribution < 1.29 is 24.5 Å². The fraction of sp³-hybridized carbons (Fsp3) is 0.583. The lowest BCUT2D eigenvalue weighted by Crippen LogP contribution is -2.23. The molecule has 0 aliphatic carbocycles. The van der Waals surface area contributed by atoms with Gasteiger partial charge >= 0.3 is 5.97 Å². The lowest BCUT2D eigenvalue weighted by atomic mass is 10.2. The van der Waals surface area contributed by atoms with Crippen LogP contribution in [0.4, 0.5) is 0 Å². The number of allylic oxidation sites excluding steroid dienone is 2. The Labute approximate surface area is 100 Å². The van der Waals surface area contributed by atoms with Gasteiger partial charge in [-0.05, 0) is 37.8 Å². The molecule has 2 atom stereocenters. The molecule has 2 unspecified atom stereocenters. The van der Waals surface area contributed by atoms with E-state index in [1.165, 1.54) is 6.26 Å². The van der Waals surface area contributed by atoms with Gasteiger partial charge < -0.3 is 19.7 Å². The van der Waals surface area contributed by atoms with E-state index in [0.29, 0.717) is 6.42 Å². The maximum absolute atomic E-state index is 10.2. The number of hydrogen-bond acceptors (Lipinski definition) is 4. The van der Waals surface area contributed by atoms with Gasteiger partial charge in [0.2, 0.25) is 0 Å². The summed E-state index contributed by atoms with van der Waals surface area (Å²) in [7, 11) is 0. The highest BCUT2D eigenvalue weighted by Gasteiger charge is 2.18. The van der Waals surface area contributed by atoms with Gasteiger partial charge in [-0.15, -0.1) is 0 Å². The van der Waals surface area contributed by atoms with Crippen LogP contribution in [0.1, 0.15) is 25.7 Å². The Morgan fingerprint density at radius 3 is 2.12 bits per heavy atom. The van der Waals surface area contributed by atoms with Crippen LogP contribution in [0.5, 0.6) is 0 Å². The normalized spacial score (nSPS) is 26.2. The van der Waals surface area contributed by atoms with Gasteiger partial charge in [0.15, 0.2) is 6.10 Å². The summed E-state index contributed by atoms with van der Waals surface area (Å²) in [5.41, 5.74) is 0. The number of aliphatic hydroxyl groups excluding tert-OH is 1. The molecule has 2 rings (SSSR count). The average molecular weight is 242 g/mol. The van der Waals surface area contributed by atoms with Crippen molar-refractivity contribution in [3.05, 3.63) is 24.7 Å². The second-order valence-electron chi connectivity index (χ2n) is 3.80. The van der Waals surface area contributed by atoms with Crippen molar-refractivity contribution in [2.75, 3.05) is 6.61 Å². The zero-order valence-electron chi connectivity index (χ0n) is 9.62. The lowest BCUT2D eigenvalue weighted by molar-refractivity contribution is -0.147. The molecule has 0 bridgehead atoms. The fourth-order valence-corrected chi connectivity index (χ4v) is 1.43. The Hall–Kier alpha value is -1.49. The van der Waals surface area contributed by atoms with Crippen LogP contribution in [-0.2, 0) is 14.3 Å². The van der Waals surface area contributed by atoms with E-state index in [-0.39, 0.29) is 12.7 Å². The van der Waals surface area contributed by atoms with Crippen molar-refractivity contribution in [3.8, 4) is 0 Å². The van der Waals surface area contributed by atoms with Gasteiger partial charge in [-0.1, -0.05) is 0 Å². The molecule has 0 aromatic carbocycles. The molecule has 0 saturated heterocycles. The number of carbonyl (C=O) groups is 1. The van der Waals surface area contributed by atoms with Crippen molar-refractivity contribution in [1.82, 2.24) is 0 Å². The summed E-state index contributed by atoms with van der Waals surface area (Å²) in [5.74, 6) is -0.876. The SMILES string of the molecule is O=C(O)C1CCC=CO1.OCC1CCC=CO1. The topological polar surface area (TPSA) is 76.0 Å². The Bertz CT molecular complexity index is 285. The molecular weight excluding hydrogens is 224 g/mol. The molecule has 0 aromatic rings. The van der Waals surface area contributed by atoms with Gasteiger partial charge in [0.1, 0.15) is 6.10 Å². The molecule has 2 aliphatic rings. The van der Waals surface area contributed by atoms with Gasteiger partial charge in [-0.2, -0.15) is 0 Å². The van der Waals surface area contributed by atoms with E-state index in [4.69, 9.17) is 19.7 Å². The van der Waals surface area contributed by atoms with Crippen LogP contribution in [0.25, 0.3) is 0 Å². The fourth-order valence-electron chi connectivity index (χ4n) is 1.43. The van der Waals surface area contributed by atoms with E-state index in [0.717, 1.165) is 19.3 Å². The van der Waals surface area contributed by atoms with Crippen LogP contribution in [0.15, 0.2) is 24.7 Å². The molecule has 5 nitrogen and oxygen atoms in total. The second kappa shape index (κ2) is 7.73. The van der Waals surface area contributed by atoms with Crippen LogP contribution >= 0.6 is 0 Å². The molecule has 0 amide bonds. The quantitative estimate of drug-likeness (QED) is 0.766. The molecule has 96 valence electrons. The molecule has 5 heteroatoms. The van der Waals surface area contributed by atoms with Crippen LogP contribution < -0.4 is 0 Å². The Balaban J connectivity index is 0.000000171. The van der Waals surface area contributed by atoms with Crippen LogP contribution in [0.2, 0.25) is 0 Å². The first-order valence-electron chi connectivity index (χ1n) is 5.68. The second-order valence-corrected chi connectivity index (χ2v) is 3.80. The molecule has 2 N–H and O–H groups in total. The third-order valence-electron chi connectivity index (χ3n) is 2.44. The Morgan fingerprint density at radius 1 is 1.18 bits per heavy atom. The molecule has 17 heavy (non-hydrogen) atoms. The number of aliphatic hydroxyl groups is 1. The predicted molar refractivity (Wildman–Crippen MR) is 61.2 cm³/mol. The summed E-state index contributed by atoms with van der Waals surface area (Å²) in [6.45, 7) is 0.143. The lowest BCUT2D eigenvalue weighted by Gasteiger charge is -2.15. The molecule has 0 fully saturated rings. The number of carboxylic acid groups (broad SMARTS) is 1. The number of ether oxygens (including phenoxy) is 2. The summed E-state index contributed by atoms with van der Waals surface area (Å²) >= 11 is 0. The van der Waals surface area contributed by atoms with Crippen molar-refractivity contribution in [1.29, 1.82) is 0 Å². The smallest absolute Gasteiger partial charge is 0.344 e. The first kappa shape index (κ1) is 13.6. The van der Waals surface area contributed by atoms with Crippen LogP contribution in [-0.4, -0.2) is 35.0 Å². The van der Waals surface area contributed by atoms with Crippen LogP contribution in [0.3, 0.4) is 0 Å². The Kier molecular flexibility index (Phi) is 6.17. The van der Waals surface area contributed by atoms with E-state index in [2.05, 4.69) is 0 Å². The third kappa shape index (κ3) is 5.40. The van der Waals surface area contributed by atoms with E-state index < -0.39 is 12.1 Å². The van der Waals surface area contributed by atoms with Gasteiger partial charge in [-0.3, -0.25) is 0 Å². The molecule has 0 spiro atoms. The van der Waals surface area contributed by atoms with E-state index >= 15 is 0 Å². The highest BCUT2D eigenvalue weighted by molar-refractivity contribution is 5.72. The van der Waals surface area contributed by atoms with E-state index in [9.17, 15) is 4.79 Å². The molecule has 2 aliphatic heterocycles. The number of aliphatic carboxylic acids is 1. The zero-order valence-corrected chi connectivity index (χ0v) is 9.62. The summed E-state index contributed by atoms with van der Waals surface area (Å²) in [6.07, 6.45) is 9.70. The summed E-state index contributed by atoms with van der Waals surface area (Å²) < 4.78 is 9.76. The molecule has 0 radical (unpaired) electrons. The first-order chi connectivity index (χ1) is 8.24. The molecular formula is C12H18O5. The minimum atomic E-state index is -0.876. The van der Waals surface area contributed by atoms with Crippen molar-refractivity contribution >= 4 is 5.97 Å². The Morgan fingerprint density at radius 2 is 1.82 bits per heavy atom. The van der Waals surface area contributed by atoms with Crippen LogP contribution in [0, 0.1) is 0 Å². The zero-order chi connectivity index (χ0) is 12.5. The minimum absolute atomic E-state index is 0.0556. The predicted octanol–water partition coefficient (Wildman–Crippen LogP) is 1.44. The maximum atomic E-state index is 10.2. The largest absolute Gasteiger partial charge is 0.496 e. The maximum Gasteiger partial charge on any atom is 0.344 e. The first-order valence-corrected chi connectivity index (χ1v) is 5.68. The van der Waals surface area contributed by atoms with Gasteiger partial charge in [0, 0.05) is 0 Å². The van der Waals surface area contributed by atoms with Gasteiger partial charge in [0.25, 0.3) is 0 Å². The van der Waals surface area contributed by atoms with Crippen molar-refractivity contribution in [3.63, 3.8) is 0 Å². The van der Waals surface area contributed by atoms with E-state index in [1.54, 1.807) is 6.26 Å². The number of hydrogen-bond donors (Lipinski definition) is 2. The number of carboxylic acids is 1. The molecule has 2 heterocycles. The molecule has 0 aromatic heterocycles. The highest BCUT2D eigenvalue weighted by Crippen LogP contribution is 2.09. The number of rotatable bonds is 2. The summed E-state index contributed by atoms with van der Waals surface area (Å²) in [6, 6.07) is 0. The third-order valence-corrected chi connectivity index (χ3v) is 2.44. The van der Waals surface area contributed by atoms with Crippen molar-refractivity contribution in [2.24, 2.45) is 0 Å². The van der Waals surface area contributed by atoms with E-state index in [1.807, 2.05) is 12.2 Å². The summed E-state index contributed by atoms with van der Waals surface area (Å²) in [5, 5.41) is 16.9. The highest BCUT2D eigenvalue weighted by atomic mass is 16.5. The summed E-state index contributed by atoms with van der Waals surface area (Å²) in [4.78, 5) is 10.2. The van der Waals surface area contributed by atoms with Gasteiger partial charge in [-0.25, -0.2) is 4.79 Å². The monoisotopic (exact) mass is 242 g/mol. The molecule has 0 saturated carbocycles. The standard InChI is InChI=1S/C6H8O3.C6H10O2/c7-6(8)5-3-1-2-4-9-5;7-5-6-3-1-2-4-8-6/h2,4-5H,1,3H2,(H,7,8);2,4,6-7H,1,3,5H2. The average Bonchev–Trinajstić information content (AvgIpc) is 2.41.